The zero-order valence-corrected chi connectivity index (χ0v) is 15.7. The minimum Gasteiger partial charge on any atom is -0.317 e. The number of halogens is 1. The van der Waals surface area contributed by atoms with Crippen molar-refractivity contribution in [3.8, 4) is 0 Å². The summed E-state index contributed by atoms with van der Waals surface area (Å²) in [6.07, 6.45) is 3.19. The lowest BCUT2D eigenvalue weighted by Crippen LogP contribution is -2.23. The van der Waals surface area contributed by atoms with Crippen LogP contribution in [0.25, 0.3) is 21.3 Å². The fourth-order valence-corrected chi connectivity index (χ4v) is 3.97. The number of imidazole rings is 1. The van der Waals surface area contributed by atoms with E-state index in [2.05, 4.69) is 15.3 Å². The Kier molecular flexibility index (Phi) is 4.03. The van der Waals surface area contributed by atoms with Crippen LogP contribution in [0, 0.1) is 19.7 Å². The van der Waals surface area contributed by atoms with Gasteiger partial charge in [0.05, 0.1) is 22.1 Å². The highest BCUT2D eigenvalue weighted by Gasteiger charge is 2.15. The van der Waals surface area contributed by atoms with Crippen molar-refractivity contribution >= 4 is 43.6 Å². The molecule has 138 valence electrons. The first-order chi connectivity index (χ1) is 12.8. The van der Waals surface area contributed by atoms with Crippen LogP contribution >= 0.6 is 11.3 Å². The number of aromatic nitrogens is 4. The van der Waals surface area contributed by atoms with E-state index in [1.807, 2.05) is 6.92 Å². The maximum Gasteiger partial charge on any atom is 0.276 e. The Morgan fingerprint density at radius 3 is 2.85 bits per heavy atom. The number of fused-ring (bicyclic) bond motifs is 2. The Hall–Kier alpha value is -3.07. The summed E-state index contributed by atoms with van der Waals surface area (Å²) in [4.78, 5) is 33.3. The molecular formula is C18H16FN5O2S. The Bertz CT molecular complexity index is 1230. The molecule has 1 amide bonds. The lowest BCUT2D eigenvalue weighted by Gasteiger charge is -2.06. The molecule has 0 aliphatic rings. The van der Waals surface area contributed by atoms with Gasteiger partial charge in [0.15, 0.2) is 5.13 Å². The van der Waals surface area contributed by atoms with Crippen molar-refractivity contribution in [1.29, 1.82) is 0 Å². The average Bonchev–Trinajstić information content (AvgIpc) is 3.17. The number of amides is 1. The van der Waals surface area contributed by atoms with Crippen LogP contribution < -0.4 is 10.9 Å². The molecule has 3 aromatic heterocycles. The van der Waals surface area contributed by atoms with Gasteiger partial charge in [0, 0.05) is 19.3 Å². The van der Waals surface area contributed by atoms with Crippen molar-refractivity contribution in [1.82, 2.24) is 19.1 Å². The second-order valence-electron chi connectivity index (χ2n) is 6.43. The topological polar surface area (TPSA) is 81.8 Å². The summed E-state index contributed by atoms with van der Waals surface area (Å²) in [6, 6.07) is 3.06. The minimum absolute atomic E-state index is 0.0709. The molecule has 0 spiro atoms. The first-order valence-corrected chi connectivity index (χ1v) is 9.02. The van der Waals surface area contributed by atoms with Crippen LogP contribution in [-0.4, -0.2) is 25.0 Å². The van der Waals surface area contributed by atoms with Crippen LogP contribution in [0.15, 0.2) is 29.5 Å². The molecule has 0 aliphatic carbocycles. The van der Waals surface area contributed by atoms with E-state index in [0.29, 0.717) is 27.2 Å². The highest BCUT2D eigenvalue weighted by atomic mass is 32.1. The van der Waals surface area contributed by atoms with Crippen LogP contribution in [0.5, 0.6) is 0 Å². The van der Waals surface area contributed by atoms with Crippen molar-refractivity contribution in [3.63, 3.8) is 0 Å². The summed E-state index contributed by atoms with van der Waals surface area (Å²) in [7, 11) is 1.66. The summed E-state index contributed by atoms with van der Waals surface area (Å²) >= 11 is 1.27. The number of pyridine rings is 1. The Morgan fingerprint density at radius 1 is 1.30 bits per heavy atom. The Labute approximate surface area is 157 Å². The summed E-state index contributed by atoms with van der Waals surface area (Å²) in [5.41, 5.74) is 2.63. The van der Waals surface area contributed by atoms with Crippen LogP contribution in [0.3, 0.4) is 0 Å². The van der Waals surface area contributed by atoms with E-state index in [9.17, 15) is 14.0 Å². The standard InChI is InChI=1S/C18H16FN5O2S/c1-9-4-13-12(5-11(9)19)21-18(27-13)22-14(25)7-24-8-20-15-10(2)6-23(3)17(26)16(15)24/h4-6,8H,7H2,1-3H3,(H,21,22,25). The van der Waals surface area contributed by atoms with Crippen molar-refractivity contribution in [2.75, 3.05) is 5.32 Å². The van der Waals surface area contributed by atoms with Gasteiger partial charge in [-0.2, -0.15) is 0 Å². The summed E-state index contributed by atoms with van der Waals surface area (Å²) < 4.78 is 17.4. The van der Waals surface area contributed by atoms with E-state index in [-0.39, 0.29) is 23.8 Å². The van der Waals surface area contributed by atoms with Crippen molar-refractivity contribution in [3.05, 3.63) is 52.0 Å². The number of aryl methyl sites for hydroxylation is 3. The van der Waals surface area contributed by atoms with Crippen LogP contribution in [0.4, 0.5) is 9.52 Å². The summed E-state index contributed by atoms with van der Waals surface area (Å²) in [6.45, 7) is 3.47. The molecule has 4 aromatic rings. The third-order valence-electron chi connectivity index (χ3n) is 4.35. The molecule has 7 nitrogen and oxygen atoms in total. The monoisotopic (exact) mass is 385 g/mol. The van der Waals surface area contributed by atoms with E-state index in [4.69, 9.17) is 0 Å². The number of hydrogen-bond acceptors (Lipinski definition) is 5. The van der Waals surface area contributed by atoms with Gasteiger partial charge in [0.25, 0.3) is 5.56 Å². The number of carbonyl (C=O) groups excluding carboxylic acids is 1. The van der Waals surface area contributed by atoms with Gasteiger partial charge in [-0.3, -0.25) is 9.59 Å². The fraction of sp³-hybridized carbons (Fsp3) is 0.222. The molecule has 0 saturated heterocycles. The lowest BCUT2D eigenvalue weighted by atomic mass is 10.2. The first kappa shape index (κ1) is 17.3. The maximum atomic E-state index is 13.7. The number of hydrogen-bond donors (Lipinski definition) is 1. The predicted molar refractivity (Wildman–Crippen MR) is 103 cm³/mol. The molecule has 3 heterocycles. The summed E-state index contributed by atoms with van der Waals surface area (Å²) in [5, 5.41) is 3.09. The number of benzene rings is 1. The highest BCUT2D eigenvalue weighted by molar-refractivity contribution is 7.22. The number of thiazole rings is 1. The van der Waals surface area contributed by atoms with Crippen LogP contribution in [-0.2, 0) is 18.4 Å². The number of anilines is 1. The second-order valence-corrected chi connectivity index (χ2v) is 7.46. The SMILES string of the molecule is Cc1cc2sc(NC(=O)Cn3cnc4c(C)cn(C)c(=O)c43)nc2cc1F. The molecule has 1 aromatic carbocycles. The van der Waals surface area contributed by atoms with Crippen molar-refractivity contribution in [2.45, 2.75) is 20.4 Å². The fourth-order valence-electron chi connectivity index (χ4n) is 3.01. The molecule has 4 rings (SSSR count). The molecule has 0 atom stereocenters. The molecule has 1 N–H and O–H groups in total. The van der Waals surface area contributed by atoms with Gasteiger partial charge in [-0.05, 0) is 31.0 Å². The third-order valence-corrected chi connectivity index (χ3v) is 5.28. The minimum atomic E-state index is -0.339. The number of nitrogens with zero attached hydrogens (tertiary/aromatic N) is 4. The van der Waals surface area contributed by atoms with Gasteiger partial charge < -0.3 is 14.5 Å². The third kappa shape index (κ3) is 2.99. The molecule has 9 heteroatoms. The zero-order chi connectivity index (χ0) is 19.3. The normalized spacial score (nSPS) is 11.4. The van der Waals surface area contributed by atoms with Crippen molar-refractivity contribution < 1.29 is 9.18 Å². The van der Waals surface area contributed by atoms with Gasteiger partial charge in [-0.25, -0.2) is 14.4 Å². The van der Waals surface area contributed by atoms with Crippen LogP contribution in [0.2, 0.25) is 0 Å². The number of rotatable bonds is 3. The predicted octanol–water partition coefficient (Wildman–Crippen LogP) is 2.74. The van der Waals surface area contributed by atoms with Gasteiger partial charge in [-0.1, -0.05) is 11.3 Å². The molecule has 0 radical (unpaired) electrons. The Morgan fingerprint density at radius 2 is 2.07 bits per heavy atom. The second kappa shape index (κ2) is 6.27. The number of nitrogens with one attached hydrogen (secondary N) is 1. The molecule has 0 saturated carbocycles. The molecule has 27 heavy (non-hydrogen) atoms. The zero-order valence-electron chi connectivity index (χ0n) is 14.9. The van der Waals surface area contributed by atoms with E-state index in [1.54, 1.807) is 26.2 Å². The maximum absolute atomic E-state index is 13.7. The highest BCUT2D eigenvalue weighted by Crippen LogP contribution is 2.28. The van der Waals surface area contributed by atoms with E-state index >= 15 is 0 Å². The Balaban J connectivity index is 1.62. The average molecular weight is 385 g/mol. The van der Waals surface area contributed by atoms with E-state index in [1.165, 1.54) is 32.9 Å². The van der Waals surface area contributed by atoms with E-state index < -0.39 is 0 Å². The van der Waals surface area contributed by atoms with Crippen molar-refractivity contribution in [2.24, 2.45) is 7.05 Å². The molecule has 0 fully saturated rings. The van der Waals surface area contributed by atoms with Gasteiger partial charge in [0.1, 0.15) is 17.9 Å². The lowest BCUT2D eigenvalue weighted by molar-refractivity contribution is -0.116. The molecule has 0 bridgehead atoms. The number of carbonyl (C=O) groups is 1. The quantitative estimate of drug-likeness (QED) is 0.588. The van der Waals surface area contributed by atoms with E-state index in [0.717, 1.165) is 10.3 Å². The van der Waals surface area contributed by atoms with Gasteiger partial charge >= 0.3 is 0 Å². The van der Waals surface area contributed by atoms with Crippen LogP contribution in [0.1, 0.15) is 11.1 Å². The first-order valence-electron chi connectivity index (χ1n) is 8.21. The molecule has 0 aliphatic heterocycles. The largest absolute Gasteiger partial charge is 0.317 e. The smallest absolute Gasteiger partial charge is 0.276 e. The molecule has 0 unspecified atom stereocenters. The van der Waals surface area contributed by atoms with Gasteiger partial charge in [0.2, 0.25) is 5.91 Å². The summed E-state index contributed by atoms with van der Waals surface area (Å²) in [5.74, 6) is -0.670. The van der Waals surface area contributed by atoms with Gasteiger partial charge in [-0.15, -0.1) is 0 Å². The molecular weight excluding hydrogens is 369 g/mol.